The average Bonchev–Trinajstić information content (AvgIpc) is 3.21. The maximum Gasteiger partial charge on any atom is 0.279 e. The van der Waals surface area contributed by atoms with E-state index in [1.165, 1.54) is 5.56 Å². The number of hydrogen-bond donors (Lipinski definition) is 3. The van der Waals surface area contributed by atoms with Gasteiger partial charge < -0.3 is 16.5 Å². The first-order valence-corrected chi connectivity index (χ1v) is 10.4. The van der Waals surface area contributed by atoms with Crippen LogP contribution < -0.4 is 22.6 Å². The Hall–Kier alpha value is -3.49. The highest BCUT2D eigenvalue weighted by atomic mass is 127. The van der Waals surface area contributed by atoms with Gasteiger partial charge in [-0.05, 0) is 36.4 Å². The van der Waals surface area contributed by atoms with E-state index in [4.69, 9.17) is 11.5 Å². The molecule has 33 heavy (non-hydrogen) atoms. The van der Waals surface area contributed by atoms with Crippen LogP contribution in [0.15, 0.2) is 46.5 Å². The van der Waals surface area contributed by atoms with Crippen molar-refractivity contribution in [3.8, 4) is 5.82 Å². The predicted octanol–water partition coefficient (Wildman–Crippen LogP) is 2.03. The summed E-state index contributed by atoms with van der Waals surface area (Å²) < 4.78 is 30.8. The van der Waals surface area contributed by atoms with Gasteiger partial charge in [0.05, 0.1) is 6.20 Å². The van der Waals surface area contributed by atoms with E-state index in [1.54, 1.807) is 24.9 Å². The molecule has 4 aromatic heterocycles. The van der Waals surface area contributed by atoms with Crippen LogP contribution in [0.1, 0.15) is 11.1 Å². The van der Waals surface area contributed by atoms with E-state index in [-0.39, 0.29) is 11.4 Å². The second kappa shape index (κ2) is 10.9. The normalized spacial score (nSPS) is 10.2. The van der Waals surface area contributed by atoms with Crippen molar-refractivity contribution in [3.05, 3.63) is 84.1 Å². The summed E-state index contributed by atoms with van der Waals surface area (Å²) in [6.45, 7) is 3.84. The van der Waals surface area contributed by atoms with Gasteiger partial charge in [-0.2, -0.15) is 10.2 Å². The number of hydrogen-bond acceptors (Lipinski definition) is 6. The molecule has 0 saturated carbocycles. The van der Waals surface area contributed by atoms with Crippen molar-refractivity contribution in [2.75, 3.05) is 11.5 Å². The average molecular weight is 572 g/mol. The number of H-pyrrole nitrogens is 1. The largest absolute Gasteiger partial charge is 0.394 e. The van der Waals surface area contributed by atoms with Crippen LogP contribution in [0.3, 0.4) is 0 Å². The van der Waals surface area contributed by atoms with Gasteiger partial charge in [-0.15, -0.1) is 0 Å². The van der Waals surface area contributed by atoms with Crippen LogP contribution in [0.4, 0.5) is 20.2 Å². The molecule has 176 valence electrons. The minimum atomic E-state index is -0.567. The Morgan fingerprint density at radius 2 is 1.48 bits per heavy atom. The van der Waals surface area contributed by atoms with E-state index < -0.39 is 22.8 Å². The molecule has 4 aromatic rings. The molecule has 0 aliphatic rings. The molecule has 0 amide bonds. The summed E-state index contributed by atoms with van der Waals surface area (Å²) >= 11 is 2.21. The fourth-order valence-corrected chi connectivity index (χ4v) is 3.09. The summed E-state index contributed by atoms with van der Waals surface area (Å²) in [6, 6.07) is 1.97. The number of aromatic nitrogens is 6. The lowest BCUT2D eigenvalue weighted by Crippen LogP contribution is -2.22. The van der Waals surface area contributed by atoms with Gasteiger partial charge in [0.2, 0.25) is 0 Å². The Balaban J connectivity index is 0.000000192. The molecule has 0 unspecified atom stereocenters. The zero-order chi connectivity index (χ0) is 24.9. The van der Waals surface area contributed by atoms with Crippen LogP contribution in [-0.2, 0) is 14.1 Å². The minimum Gasteiger partial charge on any atom is -0.394 e. The van der Waals surface area contributed by atoms with Crippen molar-refractivity contribution >= 4 is 34.0 Å². The highest BCUT2D eigenvalue weighted by Gasteiger charge is 2.11. The molecule has 0 saturated heterocycles. The topological polar surface area (TPSA) is 143 Å². The van der Waals surface area contributed by atoms with Crippen LogP contribution in [0, 0.1) is 29.2 Å². The Kier molecular flexibility index (Phi) is 8.50. The number of rotatable bonds is 1. The molecule has 0 aliphatic carbocycles. The standard InChI is InChI=1S/C10H11FN4O.C5H5FN2O.C5H7IN2/c1-6-4-14(2)13-9(6)15-5-7(11)3-8(12)10(15)16;6-3-1-4(7)5(9)8-2-3;1-4-3-8(2)7-5(4)6/h3-5H,12H2,1-2H3;1-2H,7H2,(H,8,9);3H,1-2H3. The highest BCUT2D eigenvalue weighted by Crippen LogP contribution is 2.10. The molecule has 4 heterocycles. The SMILES string of the molecule is Cc1cn(C)nc1-n1cc(F)cc(N)c1=O.Cc1cn(C)nc1I.Nc1cc(F)c[nH]c1=O. The third-order valence-corrected chi connectivity index (χ3v) is 5.14. The fourth-order valence-electron chi connectivity index (χ4n) is 2.61. The van der Waals surface area contributed by atoms with Gasteiger partial charge in [0.15, 0.2) is 5.82 Å². The number of pyridine rings is 2. The molecule has 0 atom stereocenters. The molecule has 0 aromatic carbocycles. The van der Waals surface area contributed by atoms with Crippen LogP contribution in [0.5, 0.6) is 0 Å². The minimum absolute atomic E-state index is 0.102. The zero-order valence-corrected chi connectivity index (χ0v) is 20.5. The third kappa shape index (κ3) is 7.00. The summed E-state index contributed by atoms with van der Waals surface area (Å²) in [5, 5.41) is 8.19. The molecule has 0 radical (unpaired) electrons. The predicted molar refractivity (Wildman–Crippen MR) is 130 cm³/mol. The number of nitrogen functional groups attached to an aromatic ring is 2. The smallest absolute Gasteiger partial charge is 0.279 e. The van der Waals surface area contributed by atoms with Crippen molar-refractivity contribution < 1.29 is 8.78 Å². The molecule has 0 bridgehead atoms. The quantitative estimate of drug-likeness (QED) is 0.298. The molecule has 5 N–H and O–H groups in total. The van der Waals surface area contributed by atoms with Crippen molar-refractivity contribution in [1.29, 1.82) is 0 Å². The second-order valence-corrected chi connectivity index (χ2v) is 8.00. The van der Waals surface area contributed by atoms with Crippen molar-refractivity contribution in [2.24, 2.45) is 14.1 Å². The van der Waals surface area contributed by atoms with Gasteiger partial charge in [0.1, 0.15) is 26.7 Å². The number of halogens is 3. The van der Waals surface area contributed by atoms with Gasteiger partial charge in [0.25, 0.3) is 11.1 Å². The summed E-state index contributed by atoms with van der Waals surface area (Å²) in [5.41, 5.74) is 11.3. The lowest BCUT2D eigenvalue weighted by molar-refractivity contribution is 0.611. The molecular formula is C20H23F2IN8O2. The lowest BCUT2D eigenvalue weighted by Gasteiger charge is -2.04. The number of aromatic amines is 1. The first-order valence-electron chi connectivity index (χ1n) is 9.36. The van der Waals surface area contributed by atoms with Gasteiger partial charge in [-0.3, -0.25) is 23.5 Å². The van der Waals surface area contributed by atoms with Gasteiger partial charge in [0, 0.05) is 55.9 Å². The highest BCUT2D eigenvalue weighted by molar-refractivity contribution is 14.1. The second-order valence-electron chi connectivity index (χ2n) is 6.98. The zero-order valence-electron chi connectivity index (χ0n) is 18.3. The van der Waals surface area contributed by atoms with Crippen LogP contribution in [0.25, 0.3) is 5.82 Å². The van der Waals surface area contributed by atoms with Gasteiger partial charge >= 0.3 is 0 Å². The van der Waals surface area contributed by atoms with E-state index in [0.29, 0.717) is 5.82 Å². The Morgan fingerprint density at radius 1 is 0.909 bits per heavy atom. The number of nitrogens with zero attached hydrogens (tertiary/aromatic N) is 5. The molecule has 0 aliphatic heterocycles. The number of anilines is 2. The van der Waals surface area contributed by atoms with Crippen molar-refractivity contribution in [1.82, 2.24) is 29.1 Å². The third-order valence-electron chi connectivity index (χ3n) is 4.07. The molecule has 0 fully saturated rings. The van der Waals surface area contributed by atoms with E-state index in [1.807, 2.05) is 17.9 Å². The molecule has 13 heteroatoms. The van der Waals surface area contributed by atoms with Crippen molar-refractivity contribution in [3.63, 3.8) is 0 Å². The first kappa shape index (κ1) is 25.8. The molecule has 4 rings (SSSR count). The van der Waals surface area contributed by atoms with E-state index in [9.17, 15) is 18.4 Å². The van der Waals surface area contributed by atoms with E-state index in [0.717, 1.165) is 38.4 Å². The summed E-state index contributed by atoms with van der Waals surface area (Å²) in [5.74, 6) is -0.715. The number of nitrogens with one attached hydrogen (secondary N) is 1. The van der Waals surface area contributed by atoms with Gasteiger partial charge in [-0.25, -0.2) is 8.78 Å². The van der Waals surface area contributed by atoms with Crippen LogP contribution in [0.2, 0.25) is 0 Å². The fraction of sp³-hybridized carbons (Fsp3) is 0.200. The van der Waals surface area contributed by atoms with Crippen LogP contribution in [-0.4, -0.2) is 29.1 Å². The van der Waals surface area contributed by atoms with Crippen molar-refractivity contribution in [2.45, 2.75) is 13.8 Å². The van der Waals surface area contributed by atoms with Gasteiger partial charge in [-0.1, -0.05) is 0 Å². The monoisotopic (exact) mass is 572 g/mol. The summed E-state index contributed by atoms with van der Waals surface area (Å²) in [4.78, 5) is 24.2. The number of aryl methyl sites for hydroxylation is 4. The maximum absolute atomic E-state index is 13.2. The van der Waals surface area contributed by atoms with E-state index >= 15 is 0 Å². The van der Waals surface area contributed by atoms with E-state index in [2.05, 4.69) is 44.7 Å². The Bertz CT molecular complexity index is 1350. The summed E-state index contributed by atoms with van der Waals surface area (Å²) in [6.07, 6.45) is 5.78. The maximum atomic E-state index is 13.2. The first-order chi connectivity index (χ1) is 15.4. The Morgan fingerprint density at radius 3 is 1.91 bits per heavy atom. The Labute approximate surface area is 201 Å². The lowest BCUT2D eigenvalue weighted by atomic mass is 10.3. The van der Waals surface area contributed by atoms with Crippen LogP contribution >= 0.6 is 22.6 Å². The number of nitrogens with two attached hydrogens (primary N) is 2. The summed E-state index contributed by atoms with van der Waals surface area (Å²) in [7, 11) is 3.65. The molecular weight excluding hydrogens is 549 g/mol. The molecule has 0 spiro atoms. The molecule has 10 nitrogen and oxygen atoms in total.